The molecule has 1 radical (unpaired) electrons. The van der Waals surface area contributed by atoms with Gasteiger partial charge in [0.1, 0.15) is 0 Å². The summed E-state index contributed by atoms with van der Waals surface area (Å²) in [5, 5.41) is 8.15. The van der Waals surface area contributed by atoms with E-state index in [4.69, 9.17) is 0 Å². The summed E-state index contributed by atoms with van der Waals surface area (Å²) in [5.74, 6) is 0. The van der Waals surface area contributed by atoms with Gasteiger partial charge in [0.25, 0.3) is 0 Å². The summed E-state index contributed by atoms with van der Waals surface area (Å²) in [6.07, 6.45) is 1.07. The molecule has 0 aliphatic rings. The van der Waals surface area contributed by atoms with Gasteiger partial charge in [0.2, 0.25) is 0 Å². The topological polar surface area (TPSA) is 0 Å². The van der Waals surface area contributed by atoms with E-state index in [0.717, 1.165) is 6.42 Å². The Morgan fingerprint density at radius 3 is 2.61 bits per heavy atom. The number of rotatable bonds is 1. The van der Waals surface area contributed by atoms with Crippen molar-refractivity contribution in [3.63, 3.8) is 0 Å². The third kappa shape index (κ3) is 1.15. The van der Waals surface area contributed by atoms with Gasteiger partial charge in [-0.15, -0.1) is 0 Å². The summed E-state index contributed by atoms with van der Waals surface area (Å²) < 4.78 is 0. The number of hydrogen-bond acceptors (Lipinski definition) is 0. The lowest BCUT2D eigenvalue weighted by Gasteiger charge is -2.13. The first-order valence-electron chi connectivity index (χ1n) is 6.45. The van der Waals surface area contributed by atoms with Crippen LogP contribution >= 0.6 is 0 Å². The highest BCUT2D eigenvalue weighted by Gasteiger charge is 2.10. The third-order valence-corrected chi connectivity index (χ3v) is 3.90. The Balaban J connectivity index is 2.43. The van der Waals surface area contributed by atoms with Gasteiger partial charge in [0.15, 0.2) is 0 Å². The minimum Gasteiger partial charge on any atom is -0.0613 e. The first-order chi connectivity index (χ1) is 8.88. The minimum absolute atomic E-state index is 1.07. The highest BCUT2D eigenvalue weighted by atomic mass is 14.1. The summed E-state index contributed by atoms with van der Waals surface area (Å²) in [4.78, 5) is 0. The molecule has 0 heterocycles. The fourth-order valence-electron chi connectivity index (χ4n) is 3.05. The second-order valence-corrected chi connectivity index (χ2v) is 4.87. The lowest BCUT2D eigenvalue weighted by atomic mass is 9.91. The summed E-state index contributed by atoms with van der Waals surface area (Å²) in [7, 11) is 0. The lowest BCUT2D eigenvalue weighted by molar-refractivity contribution is 1.16. The Kier molecular flexibility index (Phi) is 1.90. The van der Waals surface area contributed by atoms with Crippen molar-refractivity contribution in [3.8, 4) is 0 Å². The van der Waals surface area contributed by atoms with Crippen LogP contribution in [0.3, 0.4) is 0 Å². The molecule has 0 saturated carbocycles. The van der Waals surface area contributed by atoms with Gasteiger partial charge in [0, 0.05) is 0 Å². The van der Waals surface area contributed by atoms with E-state index in [-0.39, 0.29) is 0 Å². The van der Waals surface area contributed by atoms with Crippen LogP contribution in [0.5, 0.6) is 0 Å². The molecule has 0 atom stereocenters. The molecule has 18 heavy (non-hydrogen) atoms. The smallest absolute Gasteiger partial charge is 0.00236 e. The van der Waals surface area contributed by atoms with Crippen molar-refractivity contribution in [1.29, 1.82) is 0 Å². The van der Waals surface area contributed by atoms with E-state index in [1.165, 1.54) is 37.9 Å². The zero-order valence-corrected chi connectivity index (χ0v) is 10.3. The van der Waals surface area contributed by atoms with Gasteiger partial charge in [-0.2, -0.15) is 0 Å². The van der Waals surface area contributed by atoms with Gasteiger partial charge in [0.05, 0.1) is 0 Å². The summed E-state index contributed by atoms with van der Waals surface area (Å²) in [6, 6.07) is 20.8. The van der Waals surface area contributed by atoms with Crippen molar-refractivity contribution in [2.45, 2.75) is 13.3 Å². The molecule has 4 aromatic carbocycles. The standard InChI is InChI=1S/C18H13/c1-2-12-11-15-7-3-5-13-9-10-14-6-4-8-16(12)18(14)17(13)15/h3,5-11H,2H2,1H3. The maximum atomic E-state index is 3.27. The van der Waals surface area contributed by atoms with Crippen LogP contribution in [0.25, 0.3) is 32.3 Å². The SMILES string of the molecule is CCc1cc2cccc3ccc4c[c]cc1c4c32. The lowest BCUT2D eigenvalue weighted by Crippen LogP contribution is -1.89. The molecular formula is C18H13. The van der Waals surface area contributed by atoms with E-state index in [1.807, 2.05) is 0 Å². The molecule has 4 aromatic rings. The highest BCUT2D eigenvalue weighted by molar-refractivity contribution is 6.23. The third-order valence-electron chi connectivity index (χ3n) is 3.90. The molecule has 0 N–H and O–H groups in total. The zero-order valence-electron chi connectivity index (χ0n) is 10.3. The van der Waals surface area contributed by atoms with Gasteiger partial charge in [-0.05, 0) is 62.5 Å². The Morgan fingerprint density at radius 1 is 0.889 bits per heavy atom. The summed E-state index contributed by atoms with van der Waals surface area (Å²) in [6.45, 7) is 2.22. The number of hydrogen-bond donors (Lipinski definition) is 0. The van der Waals surface area contributed by atoms with Crippen LogP contribution in [-0.4, -0.2) is 0 Å². The van der Waals surface area contributed by atoms with Gasteiger partial charge >= 0.3 is 0 Å². The molecule has 0 amide bonds. The minimum atomic E-state index is 1.07. The predicted molar refractivity (Wildman–Crippen MR) is 78.4 cm³/mol. The Bertz CT molecular complexity index is 856. The molecule has 4 rings (SSSR count). The van der Waals surface area contributed by atoms with E-state index >= 15 is 0 Å². The van der Waals surface area contributed by atoms with E-state index in [0.29, 0.717) is 0 Å². The Morgan fingerprint density at radius 2 is 1.72 bits per heavy atom. The van der Waals surface area contributed by atoms with Crippen LogP contribution in [0, 0.1) is 6.07 Å². The maximum absolute atomic E-state index is 3.27. The van der Waals surface area contributed by atoms with E-state index in [2.05, 4.69) is 61.5 Å². The van der Waals surface area contributed by atoms with Crippen molar-refractivity contribution >= 4 is 32.3 Å². The van der Waals surface area contributed by atoms with Gasteiger partial charge in [-0.1, -0.05) is 43.3 Å². The molecular weight excluding hydrogens is 216 g/mol. The maximum Gasteiger partial charge on any atom is -0.00236 e. The first-order valence-corrected chi connectivity index (χ1v) is 6.45. The van der Waals surface area contributed by atoms with Crippen molar-refractivity contribution in [1.82, 2.24) is 0 Å². The Hall–Kier alpha value is -2.08. The largest absolute Gasteiger partial charge is 0.0613 e. The molecule has 0 aliphatic heterocycles. The molecule has 0 fully saturated rings. The van der Waals surface area contributed by atoms with Crippen molar-refractivity contribution in [2.24, 2.45) is 0 Å². The second-order valence-electron chi connectivity index (χ2n) is 4.87. The van der Waals surface area contributed by atoms with Crippen LogP contribution in [0.1, 0.15) is 12.5 Å². The molecule has 0 spiro atoms. The van der Waals surface area contributed by atoms with Crippen LogP contribution in [0.15, 0.2) is 48.5 Å². The molecule has 0 saturated heterocycles. The normalized spacial score (nSPS) is 11.8. The summed E-state index contributed by atoms with van der Waals surface area (Å²) in [5.41, 5.74) is 1.42. The van der Waals surface area contributed by atoms with Gasteiger partial charge in [-0.3, -0.25) is 0 Å². The molecule has 0 aromatic heterocycles. The van der Waals surface area contributed by atoms with Crippen LogP contribution in [0.2, 0.25) is 0 Å². The number of aryl methyl sites for hydroxylation is 1. The molecule has 0 heteroatoms. The van der Waals surface area contributed by atoms with Crippen molar-refractivity contribution in [2.75, 3.05) is 0 Å². The van der Waals surface area contributed by atoms with Gasteiger partial charge in [-0.25, -0.2) is 0 Å². The predicted octanol–water partition coefficient (Wildman–Crippen LogP) is 4.95. The summed E-state index contributed by atoms with van der Waals surface area (Å²) >= 11 is 0. The van der Waals surface area contributed by atoms with Crippen LogP contribution in [0.4, 0.5) is 0 Å². The van der Waals surface area contributed by atoms with Crippen LogP contribution in [-0.2, 0) is 6.42 Å². The average molecular weight is 229 g/mol. The fourth-order valence-corrected chi connectivity index (χ4v) is 3.05. The molecule has 0 aliphatic carbocycles. The molecule has 85 valence electrons. The second kappa shape index (κ2) is 3.46. The average Bonchev–Trinajstić information content (AvgIpc) is 2.44. The zero-order chi connectivity index (χ0) is 12.1. The van der Waals surface area contributed by atoms with Crippen LogP contribution < -0.4 is 0 Å². The molecule has 0 nitrogen and oxygen atoms in total. The van der Waals surface area contributed by atoms with Gasteiger partial charge < -0.3 is 0 Å². The molecule has 0 unspecified atom stereocenters. The van der Waals surface area contributed by atoms with Crippen molar-refractivity contribution in [3.05, 3.63) is 60.2 Å². The van der Waals surface area contributed by atoms with Crippen molar-refractivity contribution < 1.29 is 0 Å². The quantitative estimate of drug-likeness (QED) is 0.405. The Labute approximate surface area is 106 Å². The monoisotopic (exact) mass is 229 g/mol. The van der Waals surface area contributed by atoms with E-state index in [9.17, 15) is 0 Å². The fraction of sp³-hybridized carbons (Fsp3) is 0.111. The van der Waals surface area contributed by atoms with E-state index < -0.39 is 0 Å². The van der Waals surface area contributed by atoms with E-state index in [1.54, 1.807) is 0 Å². The first kappa shape index (κ1) is 9.90. The number of benzene rings is 4. The molecule has 0 bridgehead atoms. The highest BCUT2D eigenvalue weighted by Crippen LogP contribution is 2.36.